The number of esters is 2. The second kappa shape index (κ2) is 9.38. The standard InChI is InChI=1S/C20H22N2O5/c1-3-4-11-26-20(25)15-10-9-14(21)12-17(15)22-19(24)16-7-5-6-8-18(16)27-13(2)23/h5-10,12H,3-4,11,21H2,1-2H3,(H,22,24). The van der Waals surface area contributed by atoms with Crippen LogP contribution in [-0.4, -0.2) is 24.5 Å². The summed E-state index contributed by atoms with van der Waals surface area (Å²) in [6.07, 6.45) is 1.64. The fourth-order valence-electron chi connectivity index (χ4n) is 2.32. The molecule has 2 aromatic carbocycles. The quantitative estimate of drug-likeness (QED) is 0.335. The molecular weight excluding hydrogens is 348 g/mol. The van der Waals surface area contributed by atoms with E-state index in [1.54, 1.807) is 18.2 Å². The molecule has 0 heterocycles. The lowest BCUT2D eigenvalue weighted by molar-refractivity contribution is -0.131. The molecule has 142 valence electrons. The molecule has 0 bridgehead atoms. The van der Waals surface area contributed by atoms with Gasteiger partial charge in [-0.2, -0.15) is 0 Å². The molecule has 27 heavy (non-hydrogen) atoms. The number of benzene rings is 2. The van der Waals surface area contributed by atoms with Gasteiger partial charge in [-0.3, -0.25) is 9.59 Å². The topological polar surface area (TPSA) is 108 Å². The molecule has 0 atom stereocenters. The Morgan fingerprint density at radius 1 is 1.07 bits per heavy atom. The first-order chi connectivity index (χ1) is 12.9. The maximum Gasteiger partial charge on any atom is 0.340 e. The second-order valence-electron chi connectivity index (χ2n) is 5.84. The van der Waals surface area contributed by atoms with E-state index in [1.165, 1.54) is 31.2 Å². The van der Waals surface area contributed by atoms with E-state index in [9.17, 15) is 14.4 Å². The molecule has 0 radical (unpaired) electrons. The molecule has 0 saturated carbocycles. The summed E-state index contributed by atoms with van der Waals surface area (Å²) in [5.74, 6) is -1.51. The van der Waals surface area contributed by atoms with Crippen LogP contribution in [0.15, 0.2) is 42.5 Å². The third-order valence-corrected chi connectivity index (χ3v) is 3.63. The van der Waals surface area contributed by atoms with Gasteiger partial charge in [0.25, 0.3) is 5.91 Å². The van der Waals surface area contributed by atoms with Crippen LogP contribution >= 0.6 is 0 Å². The van der Waals surface area contributed by atoms with Crippen molar-refractivity contribution in [3.8, 4) is 5.75 Å². The van der Waals surface area contributed by atoms with E-state index in [2.05, 4.69) is 5.32 Å². The first-order valence-corrected chi connectivity index (χ1v) is 8.57. The van der Waals surface area contributed by atoms with Gasteiger partial charge in [0.15, 0.2) is 0 Å². The van der Waals surface area contributed by atoms with E-state index >= 15 is 0 Å². The minimum atomic E-state index is -0.549. The highest BCUT2D eigenvalue weighted by molar-refractivity contribution is 6.09. The van der Waals surface area contributed by atoms with Gasteiger partial charge in [-0.05, 0) is 36.8 Å². The SMILES string of the molecule is CCCCOC(=O)c1ccc(N)cc1NC(=O)c1ccccc1OC(C)=O. The molecule has 2 aromatic rings. The van der Waals surface area contributed by atoms with Gasteiger partial charge in [0.05, 0.1) is 23.4 Å². The predicted molar refractivity (Wildman–Crippen MR) is 102 cm³/mol. The van der Waals surface area contributed by atoms with Crippen molar-refractivity contribution < 1.29 is 23.9 Å². The van der Waals surface area contributed by atoms with Crippen LogP contribution in [0.5, 0.6) is 5.75 Å². The second-order valence-corrected chi connectivity index (χ2v) is 5.84. The predicted octanol–water partition coefficient (Wildman–Crippen LogP) is 3.40. The lowest BCUT2D eigenvalue weighted by Crippen LogP contribution is -2.18. The van der Waals surface area contributed by atoms with Crippen molar-refractivity contribution in [2.45, 2.75) is 26.7 Å². The molecule has 1 amide bonds. The van der Waals surface area contributed by atoms with E-state index < -0.39 is 17.8 Å². The van der Waals surface area contributed by atoms with Crippen molar-refractivity contribution in [1.29, 1.82) is 0 Å². The first-order valence-electron chi connectivity index (χ1n) is 8.57. The number of amides is 1. The lowest BCUT2D eigenvalue weighted by atomic mass is 10.1. The maximum absolute atomic E-state index is 12.7. The van der Waals surface area contributed by atoms with Gasteiger partial charge in [-0.1, -0.05) is 25.5 Å². The number of hydrogen-bond donors (Lipinski definition) is 2. The number of nitrogens with two attached hydrogens (primary N) is 1. The number of nitrogens with one attached hydrogen (secondary N) is 1. The smallest absolute Gasteiger partial charge is 0.340 e. The van der Waals surface area contributed by atoms with Crippen molar-refractivity contribution >= 4 is 29.2 Å². The fraction of sp³-hybridized carbons (Fsp3) is 0.250. The number of carbonyl (C=O) groups is 3. The van der Waals surface area contributed by atoms with Crippen LogP contribution in [0.3, 0.4) is 0 Å². The molecule has 2 rings (SSSR count). The van der Waals surface area contributed by atoms with Crippen LogP contribution < -0.4 is 15.8 Å². The number of ether oxygens (including phenoxy) is 2. The monoisotopic (exact) mass is 370 g/mol. The minimum absolute atomic E-state index is 0.124. The molecule has 0 aliphatic carbocycles. The van der Waals surface area contributed by atoms with Crippen molar-refractivity contribution in [1.82, 2.24) is 0 Å². The lowest BCUT2D eigenvalue weighted by Gasteiger charge is -2.13. The van der Waals surface area contributed by atoms with E-state index in [0.717, 1.165) is 12.8 Å². The van der Waals surface area contributed by atoms with Gasteiger partial charge in [0.1, 0.15) is 5.75 Å². The highest BCUT2D eigenvalue weighted by atomic mass is 16.5. The zero-order chi connectivity index (χ0) is 19.8. The van der Waals surface area contributed by atoms with E-state index in [4.69, 9.17) is 15.2 Å². The molecule has 3 N–H and O–H groups in total. The summed E-state index contributed by atoms with van der Waals surface area (Å²) in [6.45, 7) is 3.53. The van der Waals surface area contributed by atoms with Crippen molar-refractivity contribution in [3.05, 3.63) is 53.6 Å². The molecule has 0 aliphatic rings. The van der Waals surface area contributed by atoms with E-state index in [-0.39, 0.29) is 22.6 Å². The van der Waals surface area contributed by atoms with Gasteiger partial charge in [0.2, 0.25) is 0 Å². The number of nitrogen functional groups attached to an aromatic ring is 1. The zero-order valence-electron chi connectivity index (χ0n) is 15.3. The fourth-order valence-corrected chi connectivity index (χ4v) is 2.32. The van der Waals surface area contributed by atoms with Crippen molar-refractivity contribution in [3.63, 3.8) is 0 Å². The Labute approximate surface area is 157 Å². The Morgan fingerprint density at radius 3 is 2.52 bits per heavy atom. The molecule has 0 saturated heterocycles. The van der Waals surface area contributed by atoms with Gasteiger partial charge in [0, 0.05) is 12.6 Å². The summed E-state index contributed by atoms with van der Waals surface area (Å²) in [5, 5.41) is 2.64. The Hall–Kier alpha value is -3.35. The molecule has 7 heteroatoms. The van der Waals surface area contributed by atoms with Crippen LogP contribution in [-0.2, 0) is 9.53 Å². The summed E-state index contributed by atoms with van der Waals surface area (Å²) >= 11 is 0. The van der Waals surface area contributed by atoms with Gasteiger partial charge in [-0.25, -0.2) is 4.79 Å². The van der Waals surface area contributed by atoms with Crippen LogP contribution in [0.4, 0.5) is 11.4 Å². The number of para-hydroxylation sites is 1. The van der Waals surface area contributed by atoms with Crippen LogP contribution in [0.1, 0.15) is 47.4 Å². The largest absolute Gasteiger partial charge is 0.462 e. The third-order valence-electron chi connectivity index (χ3n) is 3.63. The van der Waals surface area contributed by atoms with Crippen LogP contribution in [0.2, 0.25) is 0 Å². The van der Waals surface area contributed by atoms with Crippen LogP contribution in [0.25, 0.3) is 0 Å². The Morgan fingerprint density at radius 2 is 1.81 bits per heavy atom. The molecule has 0 unspecified atom stereocenters. The van der Waals surface area contributed by atoms with Crippen molar-refractivity contribution in [2.24, 2.45) is 0 Å². The van der Waals surface area contributed by atoms with Gasteiger partial charge >= 0.3 is 11.9 Å². The minimum Gasteiger partial charge on any atom is -0.462 e. The number of anilines is 2. The van der Waals surface area contributed by atoms with Crippen molar-refractivity contribution in [2.75, 3.05) is 17.7 Å². The summed E-state index contributed by atoms with van der Waals surface area (Å²) in [5.41, 5.74) is 6.73. The number of hydrogen-bond acceptors (Lipinski definition) is 6. The average molecular weight is 370 g/mol. The highest BCUT2D eigenvalue weighted by Gasteiger charge is 2.18. The molecule has 0 fully saturated rings. The molecule has 0 aromatic heterocycles. The Balaban J connectivity index is 2.26. The van der Waals surface area contributed by atoms with E-state index in [1.807, 2.05) is 6.92 Å². The molecule has 0 spiro atoms. The normalized spacial score (nSPS) is 10.1. The molecular formula is C20H22N2O5. The summed E-state index contributed by atoms with van der Waals surface area (Å²) in [4.78, 5) is 36.2. The zero-order valence-corrected chi connectivity index (χ0v) is 15.3. The third kappa shape index (κ3) is 5.57. The summed E-state index contributed by atoms with van der Waals surface area (Å²) in [7, 11) is 0. The molecule has 7 nitrogen and oxygen atoms in total. The van der Waals surface area contributed by atoms with Crippen LogP contribution in [0, 0.1) is 0 Å². The Kier molecular flexibility index (Phi) is 6.93. The number of unbranched alkanes of at least 4 members (excludes halogenated alkanes) is 1. The Bertz CT molecular complexity index is 848. The summed E-state index contributed by atoms with van der Waals surface area (Å²) in [6, 6.07) is 10.8. The molecule has 0 aliphatic heterocycles. The number of rotatable bonds is 7. The first kappa shape index (κ1) is 20.0. The van der Waals surface area contributed by atoms with E-state index in [0.29, 0.717) is 12.3 Å². The summed E-state index contributed by atoms with van der Waals surface area (Å²) < 4.78 is 10.3. The van der Waals surface area contributed by atoms with Gasteiger partial charge < -0.3 is 20.5 Å². The highest BCUT2D eigenvalue weighted by Crippen LogP contribution is 2.24. The number of carbonyl (C=O) groups excluding carboxylic acids is 3. The van der Waals surface area contributed by atoms with Gasteiger partial charge in [-0.15, -0.1) is 0 Å². The average Bonchev–Trinajstić information content (AvgIpc) is 2.62. The maximum atomic E-state index is 12.7.